The lowest BCUT2D eigenvalue weighted by Gasteiger charge is -2.17. The van der Waals surface area contributed by atoms with E-state index in [1.165, 1.54) is 35.2 Å². The summed E-state index contributed by atoms with van der Waals surface area (Å²) in [6, 6.07) is 8.99. The number of carboxylic acid groups (broad SMARTS) is 1. The average molecular weight is 408 g/mol. The van der Waals surface area contributed by atoms with E-state index in [9.17, 15) is 24.3 Å². The summed E-state index contributed by atoms with van der Waals surface area (Å²) in [5, 5.41) is 11.9. The van der Waals surface area contributed by atoms with Crippen molar-refractivity contribution in [1.29, 1.82) is 0 Å². The van der Waals surface area contributed by atoms with Crippen LogP contribution in [0.3, 0.4) is 0 Å². The number of nitrogens with one attached hydrogen (secondary N) is 1. The highest BCUT2D eigenvalue weighted by molar-refractivity contribution is 6.22. The van der Waals surface area contributed by atoms with Crippen LogP contribution in [0.1, 0.15) is 59.8 Å². The van der Waals surface area contributed by atoms with Gasteiger partial charge in [-0.1, -0.05) is 6.07 Å². The second-order valence-electron chi connectivity index (χ2n) is 7.35. The van der Waals surface area contributed by atoms with E-state index in [-0.39, 0.29) is 35.2 Å². The molecule has 1 fully saturated rings. The van der Waals surface area contributed by atoms with Crippen molar-refractivity contribution in [3.63, 3.8) is 0 Å². The maximum absolute atomic E-state index is 12.7. The van der Waals surface area contributed by atoms with E-state index in [1.54, 1.807) is 13.0 Å². The van der Waals surface area contributed by atoms with Gasteiger partial charge in [0.2, 0.25) is 0 Å². The van der Waals surface area contributed by atoms with Gasteiger partial charge in [-0.3, -0.25) is 19.3 Å². The Labute approximate surface area is 172 Å². The summed E-state index contributed by atoms with van der Waals surface area (Å²) in [6.45, 7) is 2.41. The van der Waals surface area contributed by atoms with Crippen LogP contribution in [-0.2, 0) is 4.74 Å². The summed E-state index contributed by atoms with van der Waals surface area (Å²) in [7, 11) is 0. The number of rotatable bonds is 5. The highest BCUT2D eigenvalue weighted by Crippen LogP contribution is 2.28. The lowest BCUT2D eigenvalue weighted by Crippen LogP contribution is -2.36. The number of carbonyl (C=O) groups excluding carboxylic acids is 3. The number of amides is 3. The molecule has 2 aliphatic heterocycles. The molecule has 0 radical (unpaired) electrons. The molecule has 0 aromatic heterocycles. The zero-order valence-corrected chi connectivity index (χ0v) is 16.3. The Balaban J connectivity index is 1.55. The predicted octanol–water partition coefficient (Wildman–Crippen LogP) is 2.72. The fraction of sp³-hybridized carbons (Fsp3) is 0.273. The minimum atomic E-state index is -1.12. The van der Waals surface area contributed by atoms with Crippen LogP contribution in [0.2, 0.25) is 0 Å². The van der Waals surface area contributed by atoms with Gasteiger partial charge in [-0.15, -0.1) is 0 Å². The quantitative estimate of drug-likeness (QED) is 0.736. The van der Waals surface area contributed by atoms with Gasteiger partial charge in [0.05, 0.1) is 29.3 Å². The molecule has 2 heterocycles. The number of nitrogens with zero attached hydrogens (tertiary/aromatic N) is 1. The first-order chi connectivity index (χ1) is 14.4. The lowest BCUT2D eigenvalue weighted by atomic mass is 10.0. The van der Waals surface area contributed by atoms with E-state index in [1.807, 2.05) is 0 Å². The summed E-state index contributed by atoms with van der Waals surface area (Å²) >= 11 is 0. The zero-order valence-electron chi connectivity index (χ0n) is 16.3. The highest BCUT2D eigenvalue weighted by Gasteiger charge is 2.37. The molecule has 0 unspecified atom stereocenters. The van der Waals surface area contributed by atoms with Crippen molar-refractivity contribution in [2.45, 2.75) is 25.9 Å². The second kappa shape index (κ2) is 7.72. The molecule has 0 bridgehead atoms. The number of aromatic carboxylic acids is 1. The molecule has 1 saturated heterocycles. The van der Waals surface area contributed by atoms with Gasteiger partial charge in [-0.2, -0.15) is 0 Å². The molecular weight excluding hydrogens is 388 g/mol. The van der Waals surface area contributed by atoms with Crippen molar-refractivity contribution in [1.82, 2.24) is 4.90 Å². The molecule has 0 aliphatic carbocycles. The summed E-state index contributed by atoms with van der Waals surface area (Å²) in [6.07, 6.45) is 1.58. The molecule has 0 spiro atoms. The molecule has 1 atom stereocenters. The van der Waals surface area contributed by atoms with Gasteiger partial charge < -0.3 is 15.2 Å². The number of imide groups is 1. The van der Waals surface area contributed by atoms with Gasteiger partial charge in [0.15, 0.2) is 0 Å². The molecule has 3 amide bonds. The first-order valence-electron chi connectivity index (χ1n) is 9.63. The van der Waals surface area contributed by atoms with Crippen LogP contribution in [0.5, 0.6) is 0 Å². The number of fused-ring (bicyclic) bond motifs is 1. The SMILES string of the molecule is Cc1c(C(=O)O)cccc1C(=O)Nc1ccc2c(c1)C(=O)N(C[C@@H]1CCCO1)C2=O. The Morgan fingerprint density at radius 3 is 2.57 bits per heavy atom. The van der Waals surface area contributed by atoms with Crippen molar-refractivity contribution in [2.24, 2.45) is 0 Å². The van der Waals surface area contributed by atoms with Crippen LogP contribution in [0.4, 0.5) is 5.69 Å². The number of benzene rings is 2. The Hall–Kier alpha value is -3.52. The summed E-state index contributed by atoms with van der Waals surface area (Å²) in [5.41, 5.74) is 1.48. The summed E-state index contributed by atoms with van der Waals surface area (Å²) in [5.74, 6) is -2.39. The Bertz CT molecular complexity index is 1070. The monoisotopic (exact) mass is 408 g/mol. The summed E-state index contributed by atoms with van der Waals surface area (Å²) < 4.78 is 5.53. The molecule has 4 rings (SSSR count). The first kappa shape index (κ1) is 19.8. The van der Waals surface area contributed by atoms with Crippen LogP contribution in [0.25, 0.3) is 0 Å². The number of ether oxygens (including phenoxy) is 1. The third-order valence-electron chi connectivity index (χ3n) is 5.45. The number of carboxylic acids is 1. The van der Waals surface area contributed by atoms with Gasteiger partial charge in [0.1, 0.15) is 0 Å². The first-order valence-corrected chi connectivity index (χ1v) is 9.63. The van der Waals surface area contributed by atoms with Crippen LogP contribution >= 0.6 is 0 Å². The van der Waals surface area contributed by atoms with Gasteiger partial charge in [-0.25, -0.2) is 4.79 Å². The second-order valence-corrected chi connectivity index (χ2v) is 7.35. The van der Waals surface area contributed by atoms with Gasteiger partial charge in [0.25, 0.3) is 17.7 Å². The Morgan fingerprint density at radius 2 is 1.87 bits per heavy atom. The highest BCUT2D eigenvalue weighted by atomic mass is 16.5. The maximum atomic E-state index is 12.7. The lowest BCUT2D eigenvalue weighted by molar-refractivity contribution is 0.0475. The molecule has 30 heavy (non-hydrogen) atoms. The minimum Gasteiger partial charge on any atom is -0.478 e. The molecule has 0 saturated carbocycles. The largest absolute Gasteiger partial charge is 0.478 e. The van der Waals surface area contributed by atoms with Gasteiger partial charge in [-0.05, 0) is 55.7 Å². The van der Waals surface area contributed by atoms with E-state index in [0.717, 1.165) is 12.8 Å². The molecule has 2 aromatic carbocycles. The normalized spacial score (nSPS) is 17.9. The van der Waals surface area contributed by atoms with Crippen LogP contribution < -0.4 is 5.32 Å². The van der Waals surface area contributed by atoms with Crippen LogP contribution in [0.15, 0.2) is 36.4 Å². The van der Waals surface area contributed by atoms with Crippen molar-refractivity contribution in [2.75, 3.05) is 18.5 Å². The van der Waals surface area contributed by atoms with Gasteiger partial charge >= 0.3 is 5.97 Å². The van der Waals surface area contributed by atoms with Crippen molar-refractivity contribution in [3.05, 3.63) is 64.2 Å². The smallest absolute Gasteiger partial charge is 0.335 e. The minimum absolute atomic E-state index is 0.0437. The van der Waals surface area contributed by atoms with Crippen molar-refractivity contribution >= 4 is 29.4 Å². The predicted molar refractivity (Wildman–Crippen MR) is 107 cm³/mol. The third-order valence-corrected chi connectivity index (χ3v) is 5.45. The number of carbonyl (C=O) groups is 4. The fourth-order valence-corrected chi connectivity index (χ4v) is 3.84. The Kier molecular flexibility index (Phi) is 5.09. The number of hydrogen-bond donors (Lipinski definition) is 2. The number of hydrogen-bond acceptors (Lipinski definition) is 5. The Morgan fingerprint density at radius 1 is 1.13 bits per heavy atom. The van der Waals surface area contributed by atoms with E-state index in [4.69, 9.17) is 4.74 Å². The summed E-state index contributed by atoms with van der Waals surface area (Å²) in [4.78, 5) is 50.5. The fourth-order valence-electron chi connectivity index (χ4n) is 3.84. The third kappa shape index (κ3) is 3.46. The van der Waals surface area contributed by atoms with Crippen LogP contribution in [0, 0.1) is 6.92 Å². The molecule has 8 nitrogen and oxygen atoms in total. The van der Waals surface area contributed by atoms with Gasteiger partial charge in [0, 0.05) is 17.9 Å². The zero-order chi connectivity index (χ0) is 21.4. The maximum Gasteiger partial charge on any atom is 0.335 e. The topological polar surface area (TPSA) is 113 Å². The van der Waals surface area contributed by atoms with E-state index in [2.05, 4.69) is 5.32 Å². The molecule has 154 valence electrons. The van der Waals surface area contributed by atoms with E-state index in [0.29, 0.717) is 23.4 Å². The van der Waals surface area contributed by atoms with E-state index >= 15 is 0 Å². The van der Waals surface area contributed by atoms with Crippen molar-refractivity contribution < 1.29 is 29.0 Å². The number of anilines is 1. The van der Waals surface area contributed by atoms with Crippen LogP contribution in [-0.4, -0.2) is 53.0 Å². The van der Waals surface area contributed by atoms with Crippen molar-refractivity contribution in [3.8, 4) is 0 Å². The molecule has 2 N–H and O–H groups in total. The molecule has 2 aliphatic rings. The van der Waals surface area contributed by atoms with E-state index < -0.39 is 17.8 Å². The molecule has 8 heteroatoms. The average Bonchev–Trinajstić information content (AvgIpc) is 3.31. The standard InChI is InChI=1S/C22H20N2O6/c1-12-15(5-2-6-16(12)22(28)29)19(25)23-13-7-8-17-18(10-13)21(27)24(20(17)26)11-14-4-3-9-30-14/h2,5-8,10,14H,3-4,9,11H2,1H3,(H,23,25)(H,28,29)/t14-/m0/s1. The molecule has 2 aromatic rings. The molecular formula is C22H20N2O6.